The number of esters is 2. The highest BCUT2D eigenvalue weighted by Gasteiger charge is 2.40. The number of rotatable bonds is 6. The van der Waals surface area contributed by atoms with E-state index in [1.165, 1.54) is 44.2 Å². The monoisotopic (exact) mass is 367 g/mol. The molecule has 1 aromatic carbocycles. The molecule has 25 heavy (non-hydrogen) atoms. The molecule has 0 aliphatic carbocycles. The number of nitrogens with zero attached hydrogens (tertiary/aromatic N) is 1. The lowest BCUT2D eigenvalue weighted by molar-refractivity contribution is -0.121. The molecule has 1 fully saturated rings. The minimum atomic E-state index is -0.711. The molecule has 1 aromatic rings. The molecule has 2 rings (SSSR count). The number of thioether (sulfide) groups is 1. The summed E-state index contributed by atoms with van der Waals surface area (Å²) in [4.78, 5) is 49.3. The third-order valence-electron chi connectivity index (χ3n) is 3.53. The van der Waals surface area contributed by atoms with E-state index in [9.17, 15) is 19.2 Å². The summed E-state index contributed by atoms with van der Waals surface area (Å²) in [6.07, 6.45) is -0.0144. The molecule has 1 saturated heterocycles. The van der Waals surface area contributed by atoms with Crippen LogP contribution in [0.25, 0.3) is 0 Å². The van der Waals surface area contributed by atoms with E-state index in [1.54, 1.807) is 0 Å². The molecule has 0 radical (unpaired) electrons. The zero-order valence-corrected chi connectivity index (χ0v) is 14.5. The number of anilines is 1. The Kier molecular flexibility index (Phi) is 6.16. The van der Waals surface area contributed by atoms with Crippen molar-refractivity contribution in [1.82, 2.24) is 0 Å². The third-order valence-corrected chi connectivity index (χ3v) is 4.72. The Hall–Kier alpha value is -2.39. The first-order valence-electron chi connectivity index (χ1n) is 7.34. The van der Waals surface area contributed by atoms with Crippen molar-refractivity contribution in [1.29, 1.82) is 0 Å². The maximum Gasteiger partial charge on any atom is 0.337 e. The fourth-order valence-electron chi connectivity index (χ4n) is 2.41. The van der Waals surface area contributed by atoms with E-state index in [4.69, 9.17) is 5.11 Å². The molecule has 1 N–H and O–H groups in total. The fourth-order valence-corrected chi connectivity index (χ4v) is 3.31. The van der Waals surface area contributed by atoms with Gasteiger partial charge in [0.25, 0.3) is 0 Å². The van der Waals surface area contributed by atoms with Crippen LogP contribution in [0.2, 0.25) is 0 Å². The summed E-state index contributed by atoms with van der Waals surface area (Å²) >= 11 is 1.18. The van der Waals surface area contributed by atoms with Gasteiger partial charge in [-0.25, -0.2) is 14.5 Å². The van der Waals surface area contributed by atoms with Gasteiger partial charge in [0, 0.05) is 12.2 Å². The summed E-state index contributed by atoms with van der Waals surface area (Å²) in [6, 6.07) is 3.89. The van der Waals surface area contributed by atoms with Gasteiger partial charge >= 0.3 is 11.9 Å². The summed E-state index contributed by atoms with van der Waals surface area (Å²) in [6.45, 7) is -0.104. The van der Waals surface area contributed by atoms with Gasteiger partial charge in [-0.2, -0.15) is 0 Å². The number of carbonyl (C=O) groups excluding carboxylic acids is 4. The molecule has 0 aromatic heterocycles. The van der Waals surface area contributed by atoms with Crippen molar-refractivity contribution in [2.24, 2.45) is 0 Å². The Balaban J connectivity index is 2.43. The average molecular weight is 367 g/mol. The lowest BCUT2D eigenvalue weighted by Gasteiger charge is -2.17. The van der Waals surface area contributed by atoms with Crippen molar-refractivity contribution in [2.45, 2.75) is 11.7 Å². The van der Waals surface area contributed by atoms with Gasteiger partial charge in [0.15, 0.2) is 0 Å². The Morgan fingerprint density at radius 3 is 2.20 bits per heavy atom. The van der Waals surface area contributed by atoms with E-state index in [2.05, 4.69) is 9.47 Å². The second-order valence-corrected chi connectivity index (χ2v) is 6.42. The van der Waals surface area contributed by atoms with Crippen LogP contribution in [0.5, 0.6) is 0 Å². The number of benzene rings is 1. The Morgan fingerprint density at radius 2 is 1.72 bits per heavy atom. The van der Waals surface area contributed by atoms with Gasteiger partial charge in [-0.15, -0.1) is 11.8 Å². The summed E-state index contributed by atoms with van der Waals surface area (Å²) in [5.41, 5.74) is 0.144. The number of ether oxygens (including phenoxy) is 2. The van der Waals surface area contributed by atoms with Crippen LogP contribution in [0.3, 0.4) is 0 Å². The fraction of sp³-hybridized carbons (Fsp3) is 0.375. The molecule has 1 unspecified atom stereocenters. The van der Waals surface area contributed by atoms with E-state index < -0.39 is 29.0 Å². The minimum absolute atomic E-state index is 0.0144. The van der Waals surface area contributed by atoms with Gasteiger partial charge in [-0.1, -0.05) is 0 Å². The summed E-state index contributed by atoms with van der Waals surface area (Å²) in [5, 5.41) is 8.27. The predicted octanol–water partition coefficient (Wildman–Crippen LogP) is 0.617. The largest absolute Gasteiger partial charge is 0.465 e. The molecule has 2 amide bonds. The Labute approximate surface area is 148 Å². The predicted molar refractivity (Wildman–Crippen MR) is 89.6 cm³/mol. The molecule has 1 aliphatic rings. The van der Waals surface area contributed by atoms with E-state index in [1.807, 2.05) is 0 Å². The number of aliphatic hydroxyl groups excluding tert-OH is 1. The summed E-state index contributed by atoms with van der Waals surface area (Å²) in [5.74, 6) is -2.00. The second kappa shape index (κ2) is 8.13. The molecular formula is C16H17NO7S. The van der Waals surface area contributed by atoms with Crippen molar-refractivity contribution in [3.05, 3.63) is 29.3 Å². The normalized spacial score (nSPS) is 16.9. The zero-order valence-electron chi connectivity index (χ0n) is 13.7. The number of carbonyl (C=O) groups is 4. The standard InChI is InChI=1S/C16H17NO7S/c1-23-15(21)9-5-10(16(22)24-2)7-11(6-9)17-13(19)8-12(14(17)20)25-4-3-18/h5-7,12,18H,3-4,8H2,1-2H3. The van der Waals surface area contributed by atoms with Crippen LogP contribution in [0.4, 0.5) is 5.69 Å². The van der Waals surface area contributed by atoms with Gasteiger partial charge in [-0.3, -0.25) is 9.59 Å². The minimum Gasteiger partial charge on any atom is -0.465 e. The van der Waals surface area contributed by atoms with Gasteiger partial charge in [0.1, 0.15) is 0 Å². The van der Waals surface area contributed by atoms with Crippen molar-refractivity contribution in [2.75, 3.05) is 31.5 Å². The van der Waals surface area contributed by atoms with Crippen molar-refractivity contribution >= 4 is 41.2 Å². The lowest BCUT2D eigenvalue weighted by Crippen LogP contribution is -2.31. The summed E-state index contributed by atoms with van der Waals surface area (Å²) in [7, 11) is 2.36. The van der Waals surface area contributed by atoms with Gasteiger partial charge in [-0.05, 0) is 18.2 Å². The quantitative estimate of drug-likeness (QED) is 0.575. The van der Waals surface area contributed by atoms with E-state index in [-0.39, 0.29) is 29.8 Å². The van der Waals surface area contributed by atoms with Gasteiger partial charge in [0.05, 0.1) is 42.9 Å². The molecule has 9 heteroatoms. The molecule has 0 bridgehead atoms. The summed E-state index contributed by atoms with van der Waals surface area (Å²) < 4.78 is 9.28. The number of amides is 2. The van der Waals surface area contributed by atoms with Gasteiger partial charge < -0.3 is 14.6 Å². The molecule has 134 valence electrons. The number of hydrogen-bond donors (Lipinski definition) is 1. The molecular weight excluding hydrogens is 350 g/mol. The van der Waals surface area contributed by atoms with Crippen LogP contribution < -0.4 is 4.90 Å². The van der Waals surface area contributed by atoms with Crippen LogP contribution in [0.15, 0.2) is 18.2 Å². The molecule has 1 aliphatic heterocycles. The molecule has 1 atom stereocenters. The third kappa shape index (κ3) is 3.99. The van der Waals surface area contributed by atoms with E-state index >= 15 is 0 Å². The Morgan fingerprint density at radius 1 is 1.16 bits per heavy atom. The first-order valence-corrected chi connectivity index (χ1v) is 8.38. The number of aliphatic hydroxyl groups is 1. The Bertz CT molecular complexity index is 684. The lowest BCUT2D eigenvalue weighted by atomic mass is 10.1. The SMILES string of the molecule is COC(=O)c1cc(C(=O)OC)cc(N2C(=O)CC(SCCO)C2=O)c1. The number of hydrogen-bond acceptors (Lipinski definition) is 8. The van der Waals surface area contributed by atoms with Gasteiger partial charge in [0.2, 0.25) is 11.8 Å². The van der Waals surface area contributed by atoms with Crippen molar-refractivity contribution in [3.63, 3.8) is 0 Å². The van der Waals surface area contributed by atoms with Crippen molar-refractivity contribution < 1.29 is 33.8 Å². The van der Waals surface area contributed by atoms with Crippen LogP contribution in [-0.4, -0.2) is 60.7 Å². The topological polar surface area (TPSA) is 110 Å². The average Bonchev–Trinajstić information content (AvgIpc) is 2.91. The van der Waals surface area contributed by atoms with Crippen LogP contribution in [-0.2, 0) is 19.1 Å². The van der Waals surface area contributed by atoms with Crippen LogP contribution >= 0.6 is 11.8 Å². The molecule has 0 spiro atoms. The second-order valence-electron chi connectivity index (χ2n) is 5.11. The van der Waals surface area contributed by atoms with E-state index in [0.29, 0.717) is 5.75 Å². The highest BCUT2D eigenvalue weighted by molar-refractivity contribution is 8.00. The van der Waals surface area contributed by atoms with Crippen LogP contribution in [0.1, 0.15) is 27.1 Å². The highest BCUT2D eigenvalue weighted by atomic mass is 32.2. The van der Waals surface area contributed by atoms with Crippen LogP contribution in [0, 0.1) is 0 Å². The maximum atomic E-state index is 12.5. The number of methoxy groups -OCH3 is 2. The first kappa shape index (κ1) is 18.9. The maximum absolute atomic E-state index is 12.5. The first-order chi connectivity index (χ1) is 11.9. The zero-order chi connectivity index (χ0) is 18.6. The molecule has 1 heterocycles. The molecule has 0 saturated carbocycles. The molecule has 8 nitrogen and oxygen atoms in total. The van der Waals surface area contributed by atoms with E-state index in [0.717, 1.165) is 4.90 Å². The smallest absolute Gasteiger partial charge is 0.337 e. The number of imide groups is 1. The highest BCUT2D eigenvalue weighted by Crippen LogP contribution is 2.31. The van der Waals surface area contributed by atoms with Crippen molar-refractivity contribution in [3.8, 4) is 0 Å².